The van der Waals surface area contributed by atoms with Crippen molar-refractivity contribution in [3.8, 4) is 5.75 Å². The van der Waals surface area contributed by atoms with Crippen LogP contribution in [-0.4, -0.2) is 17.1 Å². The maximum atomic E-state index is 12.2. The number of rotatable bonds is 3. The van der Waals surface area contributed by atoms with Crippen LogP contribution in [0.3, 0.4) is 0 Å². The maximum Gasteiger partial charge on any atom is 0.171 e. The van der Waals surface area contributed by atoms with Crippen molar-refractivity contribution in [2.45, 2.75) is 24.2 Å². The second-order valence-electron chi connectivity index (χ2n) is 3.83. The summed E-state index contributed by atoms with van der Waals surface area (Å²) in [5, 5.41) is 0. The van der Waals surface area contributed by atoms with E-state index in [1.54, 1.807) is 37.5 Å². The summed E-state index contributed by atoms with van der Waals surface area (Å²) in [6, 6.07) is 6.97. The van der Waals surface area contributed by atoms with Crippen LogP contribution in [0, 0.1) is 0 Å². The molecule has 17 heavy (non-hydrogen) atoms. The van der Waals surface area contributed by atoms with Crippen molar-refractivity contribution in [2.24, 2.45) is 0 Å². The minimum absolute atomic E-state index is 0.00500. The van der Waals surface area contributed by atoms with E-state index in [1.807, 2.05) is 0 Å². The van der Waals surface area contributed by atoms with Crippen LogP contribution in [0.5, 0.6) is 5.75 Å². The predicted molar refractivity (Wildman–Crippen MR) is 66.3 cm³/mol. The number of Topliss-reactive ketones (excluding diaryl/α,β-unsaturated/α-hetero) is 1. The van der Waals surface area contributed by atoms with E-state index in [9.17, 15) is 9.00 Å². The van der Waals surface area contributed by atoms with E-state index < -0.39 is 10.8 Å². The highest BCUT2D eigenvalue weighted by atomic mass is 32.2. The lowest BCUT2D eigenvalue weighted by Gasteiger charge is -2.11. The summed E-state index contributed by atoms with van der Waals surface area (Å²) in [6.45, 7) is 0. The average molecular weight is 250 g/mol. The minimum Gasteiger partial charge on any atom is -0.497 e. The monoisotopic (exact) mass is 250 g/mol. The second kappa shape index (κ2) is 5.27. The van der Waals surface area contributed by atoms with Gasteiger partial charge in [0.05, 0.1) is 22.8 Å². The lowest BCUT2D eigenvalue weighted by atomic mass is 10.1. The highest BCUT2D eigenvalue weighted by Gasteiger charge is 2.20. The van der Waals surface area contributed by atoms with E-state index in [4.69, 9.17) is 4.74 Å². The van der Waals surface area contributed by atoms with Crippen molar-refractivity contribution in [3.63, 3.8) is 0 Å². The van der Waals surface area contributed by atoms with Gasteiger partial charge in [0.15, 0.2) is 5.78 Å². The van der Waals surface area contributed by atoms with Gasteiger partial charge in [-0.1, -0.05) is 6.08 Å². The molecule has 4 heteroatoms. The summed E-state index contributed by atoms with van der Waals surface area (Å²) in [6.07, 6.45) is 4.00. The highest BCUT2D eigenvalue weighted by molar-refractivity contribution is 7.90. The fraction of sp³-hybridized carbons (Fsp3) is 0.308. The molecular formula is C13H14O3S. The third kappa shape index (κ3) is 2.64. The normalized spacial score (nSPS) is 17.5. The van der Waals surface area contributed by atoms with Gasteiger partial charge in [0, 0.05) is 11.3 Å². The summed E-state index contributed by atoms with van der Waals surface area (Å²) in [5.41, 5.74) is 0. The summed E-state index contributed by atoms with van der Waals surface area (Å²) in [4.78, 5) is 12.7. The number of ketones is 1. The van der Waals surface area contributed by atoms with Gasteiger partial charge in [-0.25, -0.2) is 4.21 Å². The quantitative estimate of drug-likeness (QED) is 0.827. The predicted octanol–water partition coefficient (Wildman–Crippen LogP) is 2.44. The van der Waals surface area contributed by atoms with Gasteiger partial charge in [0.1, 0.15) is 5.75 Å². The number of allylic oxidation sites excluding steroid dienone is 2. The van der Waals surface area contributed by atoms with Crippen LogP contribution in [0.2, 0.25) is 0 Å². The van der Waals surface area contributed by atoms with E-state index in [2.05, 4.69) is 0 Å². The number of ether oxygens (including phenoxy) is 1. The van der Waals surface area contributed by atoms with Crippen LogP contribution < -0.4 is 4.74 Å². The van der Waals surface area contributed by atoms with Crippen LogP contribution in [0.25, 0.3) is 0 Å². The van der Waals surface area contributed by atoms with Gasteiger partial charge in [0.2, 0.25) is 0 Å². The molecule has 3 nitrogen and oxygen atoms in total. The number of carbonyl (C=O) groups excluding carboxylic acids is 1. The van der Waals surface area contributed by atoms with Gasteiger partial charge in [-0.3, -0.25) is 4.79 Å². The summed E-state index contributed by atoms with van der Waals surface area (Å²) in [7, 11) is 0.228. The molecule has 0 radical (unpaired) electrons. The number of hydrogen-bond donors (Lipinski definition) is 0. The lowest BCUT2D eigenvalue weighted by molar-refractivity contribution is -0.115. The Labute approximate surface area is 103 Å². The van der Waals surface area contributed by atoms with Crippen molar-refractivity contribution in [3.05, 3.63) is 35.2 Å². The molecule has 2 rings (SSSR count). The lowest BCUT2D eigenvalue weighted by Crippen LogP contribution is -2.11. The molecule has 90 valence electrons. The summed E-state index contributed by atoms with van der Waals surface area (Å²) < 4.78 is 17.2. The summed E-state index contributed by atoms with van der Waals surface area (Å²) in [5.74, 6) is 0.722. The second-order valence-corrected chi connectivity index (χ2v) is 5.28. The number of benzene rings is 1. The van der Waals surface area contributed by atoms with Crippen LogP contribution in [0.4, 0.5) is 0 Å². The van der Waals surface area contributed by atoms with Crippen molar-refractivity contribution in [1.82, 2.24) is 0 Å². The van der Waals surface area contributed by atoms with E-state index in [1.165, 1.54) is 0 Å². The fourth-order valence-corrected chi connectivity index (χ4v) is 2.95. The first-order valence-electron chi connectivity index (χ1n) is 5.51. The Balaban J connectivity index is 2.24. The fourth-order valence-electron chi connectivity index (χ4n) is 1.74. The maximum absolute atomic E-state index is 12.2. The molecule has 1 aromatic carbocycles. The number of carbonyl (C=O) groups is 1. The molecule has 0 aromatic heterocycles. The Hall–Kier alpha value is -1.42. The van der Waals surface area contributed by atoms with Gasteiger partial charge >= 0.3 is 0 Å². The van der Waals surface area contributed by atoms with Gasteiger partial charge < -0.3 is 4.74 Å². The Kier molecular flexibility index (Phi) is 3.74. The van der Waals surface area contributed by atoms with Gasteiger partial charge in [0.25, 0.3) is 0 Å². The third-order valence-electron chi connectivity index (χ3n) is 2.69. The molecule has 0 saturated carbocycles. The van der Waals surface area contributed by atoms with Crippen molar-refractivity contribution in [2.75, 3.05) is 7.11 Å². The van der Waals surface area contributed by atoms with E-state index in [-0.39, 0.29) is 5.78 Å². The molecule has 0 aliphatic heterocycles. The average Bonchev–Trinajstić information content (AvgIpc) is 2.39. The smallest absolute Gasteiger partial charge is 0.171 e. The zero-order valence-corrected chi connectivity index (χ0v) is 10.5. The molecular weight excluding hydrogens is 236 g/mol. The molecule has 0 N–H and O–H groups in total. The van der Waals surface area contributed by atoms with Crippen molar-refractivity contribution >= 4 is 16.6 Å². The van der Waals surface area contributed by atoms with Crippen molar-refractivity contribution in [1.29, 1.82) is 0 Å². The first-order valence-corrected chi connectivity index (χ1v) is 6.66. The molecule has 1 aliphatic carbocycles. The SMILES string of the molecule is COc1ccc([S@](=O)C2=CCCCC2=O)cc1. The van der Waals surface area contributed by atoms with Crippen LogP contribution in [0.15, 0.2) is 40.1 Å². The van der Waals surface area contributed by atoms with Gasteiger partial charge in [-0.15, -0.1) is 0 Å². The highest BCUT2D eigenvalue weighted by Crippen LogP contribution is 2.23. The molecule has 0 unspecified atom stereocenters. The van der Waals surface area contributed by atoms with Gasteiger partial charge in [-0.05, 0) is 37.1 Å². The van der Waals surface area contributed by atoms with Gasteiger partial charge in [-0.2, -0.15) is 0 Å². The number of methoxy groups -OCH3 is 1. The Morgan fingerprint density at radius 1 is 1.24 bits per heavy atom. The Bertz CT molecular complexity index is 474. The molecule has 0 fully saturated rings. The third-order valence-corrected chi connectivity index (χ3v) is 4.18. The molecule has 0 amide bonds. The molecule has 0 spiro atoms. The van der Waals surface area contributed by atoms with Crippen LogP contribution >= 0.6 is 0 Å². The topological polar surface area (TPSA) is 43.4 Å². The molecule has 1 atom stereocenters. The molecule has 0 bridgehead atoms. The molecule has 1 aliphatic rings. The van der Waals surface area contributed by atoms with Crippen LogP contribution in [0.1, 0.15) is 19.3 Å². The molecule has 1 aromatic rings. The Morgan fingerprint density at radius 3 is 2.53 bits per heavy atom. The first-order chi connectivity index (χ1) is 8.22. The number of hydrogen-bond acceptors (Lipinski definition) is 3. The molecule has 0 saturated heterocycles. The van der Waals surface area contributed by atoms with Crippen LogP contribution in [-0.2, 0) is 15.6 Å². The zero-order valence-electron chi connectivity index (χ0n) is 9.64. The van der Waals surface area contributed by atoms with E-state index in [0.717, 1.165) is 18.6 Å². The zero-order chi connectivity index (χ0) is 12.3. The summed E-state index contributed by atoms with van der Waals surface area (Å²) >= 11 is 0. The van der Waals surface area contributed by atoms with E-state index in [0.29, 0.717) is 16.2 Å². The largest absolute Gasteiger partial charge is 0.497 e. The Morgan fingerprint density at radius 2 is 1.94 bits per heavy atom. The van der Waals surface area contributed by atoms with E-state index >= 15 is 0 Å². The standard InChI is InChI=1S/C13H14O3S/c1-16-10-6-8-11(9-7-10)17(15)13-5-3-2-4-12(13)14/h5-9H,2-4H2,1H3/t17-/m0/s1. The molecule has 0 heterocycles. The van der Waals surface area contributed by atoms with Crippen molar-refractivity contribution < 1.29 is 13.7 Å². The first kappa shape index (κ1) is 12.0. The minimum atomic E-state index is -1.35.